The molecule has 1 aliphatic rings. The summed E-state index contributed by atoms with van der Waals surface area (Å²) < 4.78 is 5.76. The lowest BCUT2D eigenvalue weighted by molar-refractivity contribution is 0.0739. The lowest BCUT2D eigenvalue weighted by Gasteiger charge is -2.21. The van der Waals surface area contributed by atoms with E-state index in [9.17, 15) is 0 Å². The van der Waals surface area contributed by atoms with Crippen LogP contribution in [0.2, 0.25) is 0 Å². The Balaban J connectivity index is 1.71. The van der Waals surface area contributed by atoms with Crippen LogP contribution in [0.5, 0.6) is 0 Å². The van der Waals surface area contributed by atoms with Crippen molar-refractivity contribution in [2.75, 3.05) is 12.3 Å². The van der Waals surface area contributed by atoms with Crippen molar-refractivity contribution in [1.29, 1.82) is 0 Å². The van der Waals surface area contributed by atoms with Gasteiger partial charge in [0.25, 0.3) is 0 Å². The van der Waals surface area contributed by atoms with E-state index >= 15 is 0 Å². The van der Waals surface area contributed by atoms with Crippen LogP contribution in [-0.2, 0) is 11.3 Å². The van der Waals surface area contributed by atoms with Gasteiger partial charge in [0.05, 0.1) is 6.61 Å². The Bertz CT molecular complexity index is 318. The maximum absolute atomic E-state index is 5.76. The molecular weight excluding hydrogens is 198 g/mol. The predicted octanol–water partition coefficient (Wildman–Crippen LogP) is 3.37. The average molecular weight is 219 g/mol. The van der Waals surface area contributed by atoms with Crippen LogP contribution in [0.25, 0.3) is 0 Å². The number of nitrogen functional groups attached to an aromatic ring is 1. The number of ether oxygens (including phenoxy) is 1. The van der Waals surface area contributed by atoms with Gasteiger partial charge in [0.2, 0.25) is 0 Å². The summed E-state index contributed by atoms with van der Waals surface area (Å²) in [5.41, 5.74) is 7.71. The molecule has 0 amide bonds. The molecule has 0 aromatic heterocycles. The first-order valence-corrected chi connectivity index (χ1v) is 6.27. The molecule has 2 heteroatoms. The number of hydrogen-bond acceptors (Lipinski definition) is 2. The van der Waals surface area contributed by atoms with Crippen LogP contribution in [-0.4, -0.2) is 6.61 Å². The van der Waals surface area contributed by atoms with Crippen molar-refractivity contribution in [3.8, 4) is 0 Å². The molecule has 0 aliphatic heterocycles. The van der Waals surface area contributed by atoms with Gasteiger partial charge in [-0.05, 0) is 36.5 Å². The van der Waals surface area contributed by atoms with Gasteiger partial charge in [-0.2, -0.15) is 0 Å². The minimum absolute atomic E-state index is 0.696. The number of anilines is 1. The van der Waals surface area contributed by atoms with Gasteiger partial charge in [0, 0.05) is 12.3 Å². The molecule has 88 valence electrons. The van der Waals surface area contributed by atoms with Gasteiger partial charge < -0.3 is 10.5 Å². The molecule has 1 saturated carbocycles. The zero-order valence-electron chi connectivity index (χ0n) is 9.82. The van der Waals surface area contributed by atoms with E-state index in [0.29, 0.717) is 6.61 Å². The second kappa shape index (κ2) is 5.90. The minimum Gasteiger partial charge on any atom is -0.399 e. The third-order valence-electron chi connectivity index (χ3n) is 3.30. The first-order chi connectivity index (χ1) is 7.84. The Morgan fingerprint density at radius 2 is 2.00 bits per heavy atom. The van der Waals surface area contributed by atoms with Gasteiger partial charge in [-0.25, -0.2) is 0 Å². The van der Waals surface area contributed by atoms with Crippen LogP contribution in [0.1, 0.15) is 37.7 Å². The third kappa shape index (κ3) is 3.53. The summed E-state index contributed by atoms with van der Waals surface area (Å²) in [5.74, 6) is 0.787. The van der Waals surface area contributed by atoms with Crippen LogP contribution in [0.15, 0.2) is 24.3 Å². The molecule has 0 saturated heterocycles. The van der Waals surface area contributed by atoms with Gasteiger partial charge in [-0.1, -0.05) is 31.4 Å². The molecule has 1 fully saturated rings. The molecule has 2 N–H and O–H groups in total. The second-order valence-corrected chi connectivity index (χ2v) is 4.76. The molecule has 2 rings (SSSR count). The molecule has 0 unspecified atom stereocenters. The van der Waals surface area contributed by atoms with Crippen LogP contribution >= 0.6 is 0 Å². The Labute approximate surface area is 97.8 Å². The van der Waals surface area contributed by atoms with E-state index in [1.54, 1.807) is 0 Å². The van der Waals surface area contributed by atoms with Gasteiger partial charge >= 0.3 is 0 Å². The van der Waals surface area contributed by atoms with E-state index in [0.717, 1.165) is 18.2 Å². The Morgan fingerprint density at radius 3 is 2.75 bits per heavy atom. The number of nitrogens with two attached hydrogens (primary N) is 1. The normalized spacial score (nSPS) is 17.5. The molecule has 0 radical (unpaired) electrons. The Morgan fingerprint density at radius 1 is 1.19 bits per heavy atom. The highest BCUT2D eigenvalue weighted by Gasteiger charge is 2.13. The third-order valence-corrected chi connectivity index (χ3v) is 3.30. The van der Waals surface area contributed by atoms with E-state index < -0.39 is 0 Å². The van der Waals surface area contributed by atoms with Gasteiger partial charge in [0.15, 0.2) is 0 Å². The lowest BCUT2D eigenvalue weighted by Crippen LogP contribution is -2.13. The van der Waals surface area contributed by atoms with Crippen molar-refractivity contribution in [3.05, 3.63) is 29.8 Å². The van der Waals surface area contributed by atoms with Crippen molar-refractivity contribution >= 4 is 5.69 Å². The number of hydrogen-bond donors (Lipinski definition) is 1. The van der Waals surface area contributed by atoms with Crippen molar-refractivity contribution in [2.24, 2.45) is 5.92 Å². The lowest BCUT2D eigenvalue weighted by atomic mass is 9.90. The highest BCUT2D eigenvalue weighted by atomic mass is 16.5. The van der Waals surface area contributed by atoms with Crippen molar-refractivity contribution in [2.45, 2.75) is 38.7 Å². The smallest absolute Gasteiger partial charge is 0.0717 e. The average Bonchev–Trinajstić information content (AvgIpc) is 2.30. The fraction of sp³-hybridized carbons (Fsp3) is 0.571. The Kier molecular flexibility index (Phi) is 4.23. The minimum atomic E-state index is 0.696. The molecule has 16 heavy (non-hydrogen) atoms. The van der Waals surface area contributed by atoms with E-state index in [4.69, 9.17) is 10.5 Å². The Hall–Kier alpha value is -1.02. The largest absolute Gasteiger partial charge is 0.399 e. The topological polar surface area (TPSA) is 35.2 Å². The maximum atomic E-state index is 5.76. The van der Waals surface area contributed by atoms with Crippen LogP contribution in [0.3, 0.4) is 0 Å². The number of rotatable bonds is 4. The molecular formula is C14H21NO. The SMILES string of the molecule is Nc1cccc(COCC2CCCCC2)c1. The van der Waals surface area contributed by atoms with E-state index in [1.165, 1.54) is 37.7 Å². The van der Waals surface area contributed by atoms with Crippen molar-refractivity contribution in [3.63, 3.8) is 0 Å². The molecule has 1 aromatic carbocycles. The van der Waals surface area contributed by atoms with E-state index in [1.807, 2.05) is 18.2 Å². The quantitative estimate of drug-likeness (QED) is 0.788. The number of benzene rings is 1. The first-order valence-electron chi connectivity index (χ1n) is 6.27. The molecule has 0 heterocycles. The van der Waals surface area contributed by atoms with Crippen molar-refractivity contribution in [1.82, 2.24) is 0 Å². The summed E-state index contributed by atoms with van der Waals surface area (Å²) in [6.45, 7) is 1.61. The summed E-state index contributed by atoms with van der Waals surface area (Å²) in [4.78, 5) is 0. The second-order valence-electron chi connectivity index (χ2n) is 4.76. The van der Waals surface area contributed by atoms with Crippen molar-refractivity contribution < 1.29 is 4.74 Å². The molecule has 0 atom stereocenters. The molecule has 1 aromatic rings. The van der Waals surface area contributed by atoms with Gasteiger partial charge in [-0.3, -0.25) is 0 Å². The van der Waals surface area contributed by atoms with Gasteiger partial charge in [-0.15, -0.1) is 0 Å². The predicted molar refractivity (Wildman–Crippen MR) is 67.1 cm³/mol. The standard InChI is InChI=1S/C14H21NO/c15-14-8-4-7-13(9-14)11-16-10-12-5-2-1-3-6-12/h4,7-9,12H,1-3,5-6,10-11,15H2. The summed E-state index contributed by atoms with van der Waals surface area (Å²) >= 11 is 0. The summed E-state index contributed by atoms with van der Waals surface area (Å²) in [5, 5.41) is 0. The maximum Gasteiger partial charge on any atom is 0.0717 e. The highest BCUT2D eigenvalue weighted by molar-refractivity contribution is 5.40. The van der Waals surface area contributed by atoms with Crippen LogP contribution in [0.4, 0.5) is 5.69 Å². The fourth-order valence-corrected chi connectivity index (χ4v) is 2.38. The zero-order chi connectivity index (χ0) is 11.2. The molecule has 1 aliphatic carbocycles. The van der Waals surface area contributed by atoms with E-state index in [2.05, 4.69) is 6.07 Å². The molecule has 2 nitrogen and oxygen atoms in total. The highest BCUT2D eigenvalue weighted by Crippen LogP contribution is 2.24. The van der Waals surface area contributed by atoms with Crippen LogP contribution < -0.4 is 5.73 Å². The monoisotopic (exact) mass is 219 g/mol. The summed E-state index contributed by atoms with van der Waals surface area (Å²) in [7, 11) is 0. The van der Waals surface area contributed by atoms with E-state index in [-0.39, 0.29) is 0 Å². The summed E-state index contributed by atoms with van der Waals surface area (Å²) in [6, 6.07) is 7.94. The van der Waals surface area contributed by atoms with Gasteiger partial charge in [0.1, 0.15) is 0 Å². The zero-order valence-corrected chi connectivity index (χ0v) is 9.82. The van der Waals surface area contributed by atoms with Crippen LogP contribution in [0, 0.1) is 5.92 Å². The first kappa shape index (κ1) is 11.5. The molecule has 0 bridgehead atoms. The summed E-state index contributed by atoms with van der Waals surface area (Å²) in [6.07, 6.45) is 6.86. The molecule has 0 spiro atoms. The fourth-order valence-electron chi connectivity index (χ4n) is 2.38.